The molecule has 0 aromatic heterocycles. The first-order chi connectivity index (χ1) is 9.38. The molecular weight excluding hydrogens is 269 g/mol. The molecule has 1 heterocycles. The maximum absolute atomic E-state index is 12.8. The van der Waals surface area contributed by atoms with Gasteiger partial charge in [-0.2, -0.15) is 13.2 Å². The van der Waals surface area contributed by atoms with Crippen molar-refractivity contribution in [3.05, 3.63) is 23.8 Å². The van der Waals surface area contributed by atoms with Crippen molar-refractivity contribution >= 4 is 11.4 Å². The molecule has 0 unspecified atom stereocenters. The van der Waals surface area contributed by atoms with Crippen LogP contribution in [0, 0.1) is 5.92 Å². The summed E-state index contributed by atoms with van der Waals surface area (Å²) in [6.45, 7) is 2.19. The van der Waals surface area contributed by atoms with E-state index >= 15 is 0 Å². The summed E-state index contributed by atoms with van der Waals surface area (Å²) in [7, 11) is 1.81. The van der Waals surface area contributed by atoms with Crippen LogP contribution in [-0.4, -0.2) is 26.8 Å². The molecule has 0 amide bonds. The molecule has 0 saturated carbocycles. The topological polar surface area (TPSA) is 38.5 Å². The van der Waals surface area contributed by atoms with Gasteiger partial charge in [0.1, 0.15) is 0 Å². The Kier molecular flexibility index (Phi) is 4.42. The van der Waals surface area contributed by atoms with Crippen molar-refractivity contribution in [3.63, 3.8) is 0 Å². The fourth-order valence-electron chi connectivity index (χ4n) is 2.45. The Hall–Kier alpha value is -1.43. The highest BCUT2D eigenvalue weighted by molar-refractivity contribution is 5.59. The average molecular weight is 288 g/mol. The number of benzene rings is 1. The number of ether oxygens (including phenoxy) is 1. The van der Waals surface area contributed by atoms with E-state index < -0.39 is 11.7 Å². The minimum Gasteiger partial charge on any atom is -0.398 e. The predicted octanol–water partition coefficient (Wildman–Crippen LogP) is 3.15. The third kappa shape index (κ3) is 3.56. The van der Waals surface area contributed by atoms with Crippen molar-refractivity contribution in [2.45, 2.75) is 19.0 Å². The van der Waals surface area contributed by atoms with Crippen LogP contribution in [0.15, 0.2) is 18.2 Å². The van der Waals surface area contributed by atoms with Crippen LogP contribution in [0.3, 0.4) is 0 Å². The normalized spacial score (nSPS) is 17.2. The fraction of sp³-hybridized carbons (Fsp3) is 0.571. The van der Waals surface area contributed by atoms with Crippen molar-refractivity contribution in [3.8, 4) is 0 Å². The van der Waals surface area contributed by atoms with Gasteiger partial charge in [0.05, 0.1) is 5.56 Å². The van der Waals surface area contributed by atoms with Crippen molar-refractivity contribution < 1.29 is 17.9 Å². The molecule has 20 heavy (non-hydrogen) atoms. The predicted molar refractivity (Wildman–Crippen MR) is 72.7 cm³/mol. The molecular formula is C14H19F3N2O. The van der Waals surface area contributed by atoms with Crippen LogP contribution in [0.1, 0.15) is 18.4 Å². The zero-order valence-corrected chi connectivity index (χ0v) is 11.4. The highest BCUT2D eigenvalue weighted by Gasteiger charge is 2.33. The van der Waals surface area contributed by atoms with E-state index in [1.807, 2.05) is 4.90 Å². The Bertz CT molecular complexity index is 456. The van der Waals surface area contributed by atoms with Gasteiger partial charge in [0, 0.05) is 38.2 Å². The molecule has 0 atom stereocenters. The molecule has 1 aromatic carbocycles. The Balaban J connectivity index is 2.11. The first-order valence-electron chi connectivity index (χ1n) is 6.63. The number of anilines is 2. The fourth-order valence-corrected chi connectivity index (χ4v) is 2.45. The molecule has 1 saturated heterocycles. The molecule has 0 spiro atoms. The summed E-state index contributed by atoms with van der Waals surface area (Å²) in [5.74, 6) is 0.459. The molecule has 0 bridgehead atoms. The number of alkyl halides is 3. The third-order valence-corrected chi connectivity index (χ3v) is 3.66. The average Bonchev–Trinajstić information content (AvgIpc) is 2.39. The van der Waals surface area contributed by atoms with Crippen LogP contribution in [0.25, 0.3) is 0 Å². The van der Waals surface area contributed by atoms with Gasteiger partial charge < -0.3 is 15.4 Å². The van der Waals surface area contributed by atoms with Crippen LogP contribution in [0.2, 0.25) is 0 Å². The van der Waals surface area contributed by atoms with Gasteiger partial charge in [-0.25, -0.2) is 0 Å². The van der Waals surface area contributed by atoms with Gasteiger partial charge in [-0.15, -0.1) is 0 Å². The lowest BCUT2D eigenvalue weighted by molar-refractivity contribution is -0.136. The molecule has 1 aliphatic heterocycles. The zero-order valence-electron chi connectivity index (χ0n) is 11.4. The summed E-state index contributed by atoms with van der Waals surface area (Å²) in [4.78, 5) is 1.85. The number of halogens is 3. The van der Waals surface area contributed by atoms with E-state index in [0.717, 1.165) is 38.7 Å². The van der Waals surface area contributed by atoms with Crippen molar-refractivity contribution in [1.82, 2.24) is 0 Å². The second-order valence-electron chi connectivity index (χ2n) is 5.21. The molecule has 3 nitrogen and oxygen atoms in total. The molecule has 1 aliphatic rings. The highest BCUT2D eigenvalue weighted by Crippen LogP contribution is 2.36. The summed E-state index contributed by atoms with van der Waals surface area (Å²) >= 11 is 0. The molecule has 6 heteroatoms. The first-order valence-corrected chi connectivity index (χ1v) is 6.63. The Morgan fingerprint density at radius 1 is 1.30 bits per heavy atom. The largest absolute Gasteiger partial charge is 0.418 e. The summed E-state index contributed by atoms with van der Waals surface area (Å²) in [6.07, 6.45) is -2.52. The van der Waals surface area contributed by atoms with Gasteiger partial charge in [0.2, 0.25) is 0 Å². The van der Waals surface area contributed by atoms with Gasteiger partial charge >= 0.3 is 6.18 Å². The number of nitrogens with two attached hydrogens (primary N) is 1. The molecule has 1 aromatic rings. The lowest BCUT2D eigenvalue weighted by Gasteiger charge is -2.29. The van der Waals surface area contributed by atoms with E-state index in [4.69, 9.17) is 10.5 Å². The van der Waals surface area contributed by atoms with Gasteiger partial charge in [0.25, 0.3) is 0 Å². The van der Waals surface area contributed by atoms with Crippen LogP contribution >= 0.6 is 0 Å². The van der Waals surface area contributed by atoms with Crippen LogP contribution in [-0.2, 0) is 10.9 Å². The molecule has 1 fully saturated rings. The van der Waals surface area contributed by atoms with E-state index in [0.29, 0.717) is 11.6 Å². The minimum absolute atomic E-state index is 0.235. The smallest absolute Gasteiger partial charge is 0.398 e. The van der Waals surface area contributed by atoms with Crippen LogP contribution in [0.4, 0.5) is 24.5 Å². The lowest BCUT2D eigenvalue weighted by Crippen LogP contribution is -2.29. The van der Waals surface area contributed by atoms with E-state index in [1.54, 1.807) is 13.1 Å². The Labute approximate surface area is 116 Å². The van der Waals surface area contributed by atoms with Crippen molar-refractivity contribution in [2.24, 2.45) is 5.92 Å². The summed E-state index contributed by atoms with van der Waals surface area (Å²) < 4.78 is 43.8. The van der Waals surface area contributed by atoms with E-state index in [2.05, 4.69) is 0 Å². The Morgan fingerprint density at radius 2 is 1.95 bits per heavy atom. The molecule has 0 aliphatic carbocycles. The summed E-state index contributed by atoms with van der Waals surface area (Å²) in [6, 6.07) is 4.07. The highest BCUT2D eigenvalue weighted by atomic mass is 19.4. The number of hydrogen-bond donors (Lipinski definition) is 1. The van der Waals surface area contributed by atoms with E-state index in [9.17, 15) is 13.2 Å². The lowest BCUT2D eigenvalue weighted by atomic mass is 9.99. The Morgan fingerprint density at radius 3 is 2.55 bits per heavy atom. The molecule has 112 valence electrons. The van der Waals surface area contributed by atoms with Crippen LogP contribution < -0.4 is 10.6 Å². The number of rotatable bonds is 3. The van der Waals surface area contributed by atoms with Crippen LogP contribution in [0.5, 0.6) is 0 Å². The third-order valence-electron chi connectivity index (χ3n) is 3.66. The molecule has 0 radical (unpaired) electrons. The quantitative estimate of drug-likeness (QED) is 0.868. The van der Waals surface area contributed by atoms with Gasteiger partial charge in [-0.1, -0.05) is 0 Å². The number of nitrogens with zero attached hydrogens (tertiary/aromatic N) is 1. The molecule has 2 rings (SSSR count). The maximum Gasteiger partial charge on any atom is 0.418 e. The summed E-state index contributed by atoms with van der Waals surface area (Å²) in [5, 5.41) is 0. The summed E-state index contributed by atoms with van der Waals surface area (Å²) in [5.41, 5.74) is 4.94. The van der Waals surface area contributed by atoms with E-state index in [-0.39, 0.29) is 5.69 Å². The monoisotopic (exact) mass is 288 g/mol. The number of hydrogen-bond acceptors (Lipinski definition) is 3. The standard InChI is InChI=1S/C14H19F3N2O/c1-19(9-10-4-6-20-7-5-10)11-2-3-13(18)12(8-11)14(15,16)17/h2-3,8,10H,4-7,9,18H2,1H3. The number of nitrogen functional groups attached to an aromatic ring is 1. The second kappa shape index (κ2) is 5.91. The maximum atomic E-state index is 12.8. The van der Waals surface area contributed by atoms with Gasteiger partial charge in [-0.3, -0.25) is 0 Å². The zero-order chi connectivity index (χ0) is 14.8. The van der Waals surface area contributed by atoms with Gasteiger partial charge in [-0.05, 0) is 37.0 Å². The SMILES string of the molecule is CN(CC1CCOCC1)c1ccc(N)c(C(F)(F)F)c1. The van der Waals surface area contributed by atoms with Gasteiger partial charge in [0.15, 0.2) is 0 Å². The van der Waals surface area contributed by atoms with Crippen molar-refractivity contribution in [1.29, 1.82) is 0 Å². The second-order valence-corrected chi connectivity index (χ2v) is 5.21. The minimum atomic E-state index is -4.42. The van der Waals surface area contributed by atoms with E-state index in [1.165, 1.54) is 6.07 Å². The van der Waals surface area contributed by atoms with Crippen molar-refractivity contribution in [2.75, 3.05) is 37.4 Å². The first kappa shape index (κ1) is 15.0. The molecule has 2 N–H and O–H groups in total.